The summed E-state index contributed by atoms with van der Waals surface area (Å²) in [6, 6.07) is 5.09. The summed E-state index contributed by atoms with van der Waals surface area (Å²) in [5, 5.41) is 3.27. The van der Waals surface area contributed by atoms with Crippen LogP contribution in [0.3, 0.4) is 0 Å². The summed E-state index contributed by atoms with van der Waals surface area (Å²) in [6.07, 6.45) is 3.26. The molecule has 1 aliphatic rings. The number of carbonyl (C=O) groups excluding carboxylic acids is 1. The quantitative estimate of drug-likeness (QED) is 0.788. The first kappa shape index (κ1) is 14.2. The molecule has 1 aromatic carbocycles. The Morgan fingerprint density at radius 3 is 2.89 bits per heavy atom. The number of nitrogens with one attached hydrogen (secondary N) is 1. The number of benzene rings is 1. The molecule has 1 saturated carbocycles. The third kappa shape index (κ3) is 3.39. The van der Waals surface area contributed by atoms with E-state index >= 15 is 0 Å². The van der Waals surface area contributed by atoms with E-state index in [1.165, 1.54) is 0 Å². The van der Waals surface area contributed by atoms with Gasteiger partial charge in [0.1, 0.15) is 0 Å². The van der Waals surface area contributed by atoms with E-state index in [2.05, 4.69) is 5.32 Å². The highest BCUT2D eigenvalue weighted by molar-refractivity contribution is 6.36. The fraction of sp³-hybridized carbons (Fsp3) is 0.500. The van der Waals surface area contributed by atoms with E-state index in [1.807, 2.05) is 0 Å². The number of carbonyl (C=O) groups is 1. The van der Waals surface area contributed by atoms with Crippen LogP contribution in [0, 0.1) is 5.41 Å². The third-order valence-corrected chi connectivity index (χ3v) is 4.11. The third-order valence-electron chi connectivity index (χ3n) is 3.69. The fourth-order valence-corrected chi connectivity index (χ4v) is 2.31. The van der Waals surface area contributed by atoms with E-state index in [4.69, 9.17) is 22.1 Å². The van der Waals surface area contributed by atoms with E-state index in [9.17, 15) is 4.79 Å². The van der Waals surface area contributed by atoms with Gasteiger partial charge in [-0.1, -0.05) is 17.7 Å². The van der Waals surface area contributed by atoms with Crippen molar-refractivity contribution in [3.05, 3.63) is 28.8 Å². The number of ether oxygens (including phenoxy) is 1. The van der Waals surface area contributed by atoms with Crippen molar-refractivity contribution in [1.29, 1.82) is 0 Å². The molecule has 0 atom stereocenters. The van der Waals surface area contributed by atoms with Gasteiger partial charge >= 0.3 is 0 Å². The van der Waals surface area contributed by atoms with Crippen LogP contribution in [0.2, 0.25) is 5.02 Å². The number of halogens is 1. The Morgan fingerprint density at radius 2 is 2.26 bits per heavy atom. The minimum atomic E-state index is -0.166. The Labute approximate surface area is 118 Å². The van der Waals surface area contributed by atoms with E-state index in [1.54, 1.807) is 25.3 Å². The molecule has 104 valence electrons. The molecule has 0 saturated heterocycles. The summed E-state index contributed by atoms with van der Waals surface area (Å²) in [5.74, 6) is -0.166. The van der Waals surface area contributed by atoms with Crippen molar-refractivity contribution in [2.24, 2.45) is 5.41 Å². The molecule has 4 nitrogen and oxygen atoms in total. The summed E-state index contributed by atoms with van der Waals surface area (Å²) in [7, 11) is 1.70. The molecule has 5 heteroatoms. The second-order valence-electron chi connectivity index (χ2n) is 5.13. The number of rotatable bonds is 6. The molecule has 1 aliphatic carbocycles. The number of anilines is 1. The average molecular weight is 283 g/mol. The van der Waals surface area contributed by atoms with Crippen LogP contribution >= 0.6 is 11.6 Å². The zero-order valence-electron chi connectivity index (χ0n) is 11.0. The molecule has 0 heterocycles. The maximum absolute atomic E-state index is 12.1. The van der Waals surface area contributed by atoms with Crippen LogP contribution in [-0.2, 0) is 4.74 Å². The Hall–Kier alpha value is -1.26. The van der Waals surface area contributed by atoms with Crippen LogP contribution in [0.5, 0.6) is 0 Å². The number of amides is 1. The molecular weight excluding hydrogens is 264 g/mol. The lowest BCUT2D eigenvalue weighted by atomic mass is 10.0. The molecule has 0 aliphatic heterocycles. The normalized spacial score (nSPS) is 16.1. The molecule has 3 N–H and O–H groups in total. The first-order valence-corrected chi connectivity index (χ1v) is 6.77. The van der Waals surface area contributed by atoms with Crippen molar-refractivity contribution in [3.8, 4) is 0 Å². The summed E-state index contributed by atoms with van der Waals surface area (Å²) in [5.41, 5.74) is 6.77. The summed E-state index contributed by atoms with van der Waals surface area (Å²) >= 11 is 6.03. The molecule has 0 radical (unpaired) electrons. The average Bonchev–Trinajstić information content (AvgIpc) is 3.17. The predicted octanol–water partition coefficient (Wildman–Crippen LogP) is 2.47. The standard InChI is InChI=1S/C14H19ClN2O2/c1-19-8-7-14(5-6-14)9-17-13(18)10-3-2-4-11(16)12(10)15/h2-4H,5-9,16H2,1H3,(H,17,18). The van der Waals surface area contributed by atoms with Gasteiger partial charge in [0.2, 0.25) is 0 Å². The first-order chi connectivity index (χ1) is 9.08. The molecule has 0 spiro atoms. The summed E-state index contributed by atoms with van der Waals surface area (Å²) < 4.78 is 5.09. The van der Waals surface area contributed by atoms with E-state index in [0.717, 1.165) is 25.9 Å². The lowest BCUT2D eigenvalue weighted by molar-refractivity contribution is 0.0938. The lowest BCUT2D eigenvalue weighted by Crippen LogP contribution is -2.31. The second-order valence-corrected chi connectivity index (χ2v) is 5.51. The number of nitrogen functional groups attached to an aromatic ring is 1. The van der Waals surface area contributed by atoms with Crippen LogP contribution in [-0.4, -0.2) is 26.2 Å². The highest BCUT2D eigenvalue weighted by Crippen LogP contribution is 2.48. The number of hydrogen-bond donors (Lipinski definition) is 2. The molecule has 2 rings (SSSR count). The topological polar surface area (TPSA) is 64.3 Å². The van der Waals surface area contributed by atoms with E-state index in [0.29, 0.717) is 22.8 Å². The minimum absolute atomic E-state index is 0.166. The maximum atomic E-state index is 12.1. The smallest absolute Gasteiger partial charge is 0.252 e. The highest BCUT2D eigenvalue weighted by atomic mass is 35.5. The summed E-state index contributed by atoms with van der Waals surface area (Å²) in [6.45, 7) is 1.40. The van der Waals surface area contributed by atoms with Crippen molar-refractivity contribution >= 4 is 23.2 Å². The van der Waals surface area contributed by atoms with Gasteiger partial charge in [0.05, 0.1) is 16.3 Å². The first-order valence-electron chi connectivity index (χ1n) is 6.39. The van der Waals surface area contributed by atoms with Gasteiger partial charge < -0.3 is 15.8 Å². The Bertz CT molecular complexity index is 473. The van der Waals surface area contributed by atoms with Crippen LogP contribution < -0.4 is 11.1 Å². The Morgan fingerprint density at radius 1 is 1.53 bits per heavy atom. The van der Waals surface area contributed by atoms with Crippen molar-refractivity contribution < 1.29 is 9.53 Å². The molecule has 19 heavy (non-hydrogen) atoms. The molecule has 0 unspecified atom stereocenters. The van der Waals surface area contributed by atoms with E-state index < -0.39 is 0 Å². The van der Waals surface area contributed by atoms with Gasteiger partial charge in [-0.3, -0.25) is 4.79 Å². The Kier molecular flexibility index (Phi) is 4.32. The molecular formula is C14H19ClN2O2. The van der Waals surface area contributed by atoms with E-state index in [-0.39, 0.29) is 11.3 Å². The van der Waals surface area contributed by atoms with Gasteiger partial charge in [0.25, 0.3) is 5.91 Å². The van der Waals surface area contributed by atoms with Crippen LogP contribution in [0.25, 0.3) is 0 Å². The van der Waals surface area contributed by atoms with Crippen molar-refractivity contribution in [2.75, 3.05) is 26.0 Å². The fourth-order valence-electron chi connectivity index (χ4n) is 2.10. The molecule has 1 aromatic rings. The maximum Gasteiger partial charge on any atom is 0.252 e. The SMILES string of the molecule is COCCC1(CNC(=O)c2cccc(N)c2Cl)CC1. The zero-order valence-corrected chi connectivity index (χ0v) is 11.8. The van der Waals surface area contributed by atoms with Crippen LogP contribution in [0.15, 0.2) is 18.2 Å². The summed E-state index contributed by atoms with van der Waals surface area (Å²) in [4.78, 5) is 12.1. The minimum Gasteiger partial charge on any atom is -0.398 e. The van der Waals surface area contributed by atoms with Gasteiger partial charge in [-0.2, -0.15) is 0 Å². The van der Waals surface area contributed by atoms with Gasteiger partial charge in [-0.05, 0) is 36.8 Å². The van der Waals surface area contributed by atoms with Gasteiger partial charge in [0, 0.05) is 20.3 Å². The number of methoxy groups -OCH3 is 1. The van der Waals surface area contributed by atoms with Crippen molar-refractivity contribution in [1.82, 2.24) is 5.32 Å². The number of hydrogen-bond acceptors (Lipinski definition) is 3. The molecule has 0 bridgehead atoms. The number of nitrogens with two attached hydrogens (primary N) is 1. The zero-order chi connectivity index (χ0) is 13.9. The van der Waals surface area contributed by atoms with Gasteiger partial charge in [0.15, 0.2) is 0 Å². The second kappa shape index (κ2) is 5.80. The largest absolute Gasteiger partial charge is 0.398 e. The molecule has 0 aromatic heterocycles. The Balaban J connectivity index is 1.93. The lowest BCUT2D eigenvalue weighted by Gasteiger charge is -2.16. The van der Waals surface area contributed by atoms with Crippen LogP contribution in [0.4, 0.5) is 5.69 Å². The van der Waals surface area contributed by atoms with Crippen molar-refractivity contribution in [3.63, 3.8) is 0 Å². The molecule has 1 amide bonds. The van der Waals surface area contributed by atoms with Crippen LogP contribution in [0.1, 0.15) is 29.6 Å². The predicted molar refractivity (Wildman–Crippen MR) is 76.4 cm³/mol. The van der Waals surface area contributed by atoms with Gasteiger partial charge in [-0.15, -0.1) is 0 Å². The van der Waals surface area contributed by atoms with Crippen molar-refractivity contribution in [2.45, 2.75) is 19.3 Å². The monoisotopic (exact) mass is 282 g/mol. The van der Waals surface area contributed by atoms with Gasteiger partial charge in [-0.25, -0.2) is 0 Å². The highest BCUT2D eigenvalue weighted by Gasteiger charge is 2.42. The molecule has 1 fully saturated rings.